The first-order chi connectivity index (χ1) is 12.6. The van der Waals surface area contributed by atoms with Gasteiger partial charge in [-0.15, -0.1) is 0 Å². The molecule has 1 amide bonds. The number of anilines is 1. The normalized spacial score (nSPS) is 14.8. The average molecular weight is 369 g/mol. The van der Waals surface area contributed by atoms with Crippen molar-refractivity contribution in [2.45, 2.75) is 13.3 Å². The minimum Gasteiger partial charge on any atom is -0.368 e. The highest BCUT2D eigenvalue weighted by Crippen LogP contribution is 2.21. The molecule has 26 heavy (non-hydrogen) atoms. The standard InChI is InChI=1S/C20H21ClN4O/c1-15-5-6-25-14-17(22-19(25)11-15)13-20(26)24-9-7-23(8-10-24)18-4-2-3-16(21)12-18/h2-6,11-12,14H,7-10,13H2,1H3. The third kappa shape index (κ3) is 3.53. The number of halogens is 1. The van der Waals surface area contributed by atoms with E-state index in [0.717, 1.165) is 53.8 Å². The zero-order valence-electron chi connectivity index (χ0n) is 14.7. The molecular formula is C20H21ClN4O. The fourth-order valence-electron chi connectivity index (χ4n) is 3.38. The third-order valence-corrected chi connectivity index (χ3v) is 5.04. The lowest BCUT2D eigenvalue weighted by Crippen LogP contribution is -2.49. The first-order valence-electron chi connectivity index (χ1n) is 8.81. The molecule has 134 valence electrons. The Kier molecular flexibility index (Phi) is 4.55. The van der Waals surface area contributed by atoms with E-state index >= 15 is 0 Å². The molecule has 0 N–H and O–H groups in total. The molecule has 6 heteroatoms. The van der Waals surface area contributed by atoms with E-state index in [1.165, 1.54) is 0 Å². The summed E-state index contributed by atoms with van der Waals surface area (Å²) in [5.41, 5.74) is 3.98. The fourth-order valence-corrected chi connectivity index (χ4v) is 3.56. The minimum atomic E-state index is 0.135. The highest BCUT2D eigenvalue weighted by molar-refractivity contribution is 6.30. The molecule has 0 radical (unpaired) electrons. The van der Waals surface area contributed by atoms with E-state index < -0.39 is 0 Å². The number of nitrogens with zero attached hydrogens (tertiary/aromatic N) is 4. The van der Waals surface area contributed by atoms with Crippen LogP contribution in [-0.4, -0.2) is 46.4 Å². The van der Waals surface area contributed by atoms with Crippen molar-refractivity contribution in [2.75, 3.05) is 31.1 Å². The van der Waals surface area contributed by atoms with Gasteiger partial charge >= 0.3 is 0 Å². The molecule has 0 saturated carbocycles. The number of imidazole rings is 1. The quantitative estimate of drug-likeness (QED) is 0.713. The Hall–Kier alpha value is -2.53. The maximum Gasteiger partial charge on any atom is 0.228 e. The second kappa shape index (κ2) is 7.00. The van der Waals surface area contributed by atoms with E-state index in [9.17, 15) is 4.79 Å². The number of hydrogen-bond donors (Lipinski definition) is 0. The molecule has 0 atom stereocenters. The van der Waals surface area contributed by atoms with Crippen molar-refractivity contribution in [3.8, 4) is 0 Å². The third-order valence-electron chi connectivity index (χ3n) is 4.80. The van der Waals surface area contributed by atoms with Crippen molar-refractivity contribution < 1.29 is 4.79 Å². The number of aryl methyl sites for hydroxylation is 1. The van der Waals surface area contributed by atoms with Crippen molar-refractivity contribution in [2.24, 2.45) is 0 Å². The molecular weight excluding hydrogens is 348 g/mol. The molecule has 0 unspecified atom stereocenters. The van der Waals surface area contributed by atoms with Gasteiger partial charge in [0.1, 0.15) is 5.65 Å². The zero-order chi connectivity index (χ0) is 18.1. The summed E-state index contributed by atoms with van der Waals surface area (Å²) in [7, 11) is 0. The Morgan fingerprint density at radius 1 is 1.15 bits per heavy atom. The number of amides is 1. The Bertz CT molecular complexity index is 944. The van der Waals surface area contributed by atoms with Gasteiger partial charge in [-0.2, -0.15) is 0 Å². The molecule has 0 aliphatic carbocycles. The number of benzene rings is 1. The largest absolute Gasteiger partial charge is 0.368 e. The predicted octanol–water partition coefficient (Wildman–Crippen LogP) is 3.19. The molecule has 3 aromatic rings. The van der Waals surface area contributed by atoms with Gasteiger partial charge in [-0.3, -0.25) is 4.79 Å². The number of pyridine rings is 1. The maximum absolute atomic E-state index is 12.6. The highest BCUT2D eigenvalue weighted by atomic mass is 35.5. The first-order valence-corrected chi connectivity index (χ1v) is 9.19. The smallest absolute Gasteiger partial charge is 0.228 e. The minimum absolute atomic E-state index is 0.135. The molecule has 0 bridgehead atoms. The van der Waals surface area contributed by atoms with Crippen molar-refractivity contribution in [3.05, 3.63) is 65.1 Å². The Balaban J connectivity index is 1.38. The lowest BCUT2D eigenvalue weighted by atomic mass is 10.2. The van der Waals surface area contributed by atoms with Gasteiger partial charge in [0.25, 0.3) is 0 Å². The molecule has 1 aliphatic rings. The van der Waals surface area contributed by atoms with Gasteiger partial charge in [-0.25, -0.2) is 4.98 Å². The van der Waals surface area contributed by atoms with Crippen LogP contribution in [0.2, 0.25) is 5.02 Å². The molecule has 4 rings (SSSR count). The molecule has 5 nitrogen and oxygen atoms in total. The van der Waals surface area contributed by atoms with Crippen LogP contribution < -0.4 is 4.90 Å². The van der Waals surface area contributed by atoms with Crippen molar-refractivity contribution in [1.29, 1.82) is 0 Å². The molecule has 2 aromatic heterocycles. The number of rotatable bonds is 3. The van der Waals surface area contributed by atoms with Crippen LogP contribution >= 0.6 is 11.6 Å². The van der Waals surface area contributed by atoms with E-state index in [1.807, 2.05) is 58.9 Å². The van der Waals surface area contributed by atoms with Crippen LogP contribution in [-0.2, 0) is 11.2 Å². The number of hydrogen-bond acceptors (Lipinski definition) is 3. The van der Waals surface area contributed by atoms with Crippen LogP contribution in [0.4, 0.5) is 5.69 Å². The summed E-state index contributed by atoms with van der Waals surface area (Å²) in [4.78, 5) is 21.4. The number of carbonyl (C=O) groups is 1. The number of fused-ring (bicyclic) bond motifs is 1. The average Bonchev–Trinajstić information content (AvgIpc) is 3.03. The Morgan fingerprint density at radius 3 is 2.73 bits per heavy atom. The first kappa shape index (κ1) is 16.9. The summed E-state index contributed by atoms with van der Waals surface area (Å²) in [5.74, 6) is 0.135. The summed E-state index contributed by atoms with van der Waals surface area (Å²) < 4.78 is 1.96. The number of aromatic nitrogens is 2. The highest BCUT2D eigenvalue weighted by Gasteiger charge is 2.22. The zero-order valence-corrected chi connectivity index (χ0v) is 15.5. The molecule has 0 spiro atoms. The molecule has 1 aliphatic heterocycles. The van der Waals surface area contributed by atoms with Gasteiger partial charge in [0.2, 0.25) is 5.91 Å². The maximum atomic E-state index is 12.6. The molecule has 1 saturated heterocycles. The summed E-state index contributed by atoms with van der Waals surface area (Å²) >= 11 is 6.08. The molecule has 1 aromatic carbocycles. The Morgan fingerprint density at radius 2 is 1.96 bits per heavy atom. The number of piperazine rings is 1. The van der Waals surface area contributed by atoms with Crippen LogP contribution in [0.1, 0.15) is 11.3 Å². The van der Waals surface area contributed by atoms with E-state index in [1.54, 1.807) is 0 Å². The van der Waals surface area contributed by atoms with Crippen LogP contribution in [0.5, 0.6) is 0 Å². The lowest BCUT2D eigenvalue weighted by Gasteiger charge is -2.36. The van der Waals surface area contributed by atoms with Gasteiger partial charge in [0, 0.05) is 49.3 Å². The van der Waals surface area contributed by atoms with Crippen LogP contribution in [0.15, 0.2) is 48.8 Å². The molecule has 3 heterocycles. The van der Waals surface area contributed by atoms with Gasteiger partial charge in [-0.05, 0) is 42.8 Å². The van der Waals surface area contributed by atoms with Gasteiger partial charge in [-0.1, -0.05) is 17.7 Å². The van der Waals surface area contributed by atoms with E-state index in [-0.39, 0.29) is 5.91 Å². The van der Waals surface area contributed by atoms with Gasteiger partial charge < -0.3 is 14.2 Å². The topological polar surface area (TPSA) is 40.9 Å². The number of carbonyl (C=O) groups excluding carboxylic acids is 1. The summed E-state index contributed by atoms with van der Waals surface area (Å²) in [6, 6.07) is 11.9. The summed E-state index contributed by atoms with van der Waals surface area (Å²) in [5, 5.41) is 0.739. The van der Waals surface area contributed by atoms with Crippen molar-refractivity contribution >= 4 is 28.8 Å². The fraction of sp³-hybridized carbons (Fsp3) is 0.300. The second-order valence-corrected chi connectivity index (χ2v) is 7.16. The Labute approximate surface area is 157 Å². The van der Waals surface area contributed by atoms with Crippen LogP contribution in [0, 0.1) is 6.92 Å². The van der Waals surface area contributed by atoms with Crippen LogP contribution in [0.3, 0.4) is 0 Å². The van der Waals surface area contributed by atoms with E-state index in [4.69, 9.17) is 11.6 Å². The SMILES string of the molecule is Cc1ccn2cc(CC(=O)N3CCN(c4cccc(Cl)c4)CC3)nc2c1. The van der Waals surface area contributed by atoms with Crippen molar-refractivity contribution in [1.82, 2.24) is 14.3 Å². The predicted molar refractivity (Wildman–Crippen MR) is 104 cm³/mol. The lowest BCUT2D eigenvalue weighted by molar-refractivity contribution is -0.130. The van der Waals surface area contributed by atoms with E-state index in [0.29, 0.717) is 6.42 Å². The summed E-state index contributed by atoms with van der Waals surface area (Å²) in [6.45, 7) is 5.11. The van der Waals surface area contributed by atoms with E-state index in [2.05, 4.69) is 16.0 Å². The summed E-state index contributed by atoms with van der Waals surface area (Å²) in [6.07, 6.45) is 4.27. The van der Waals surface area contributed by atoms with Crippen LogP contribution in [0.25, 0.3) is 5.65 Å². The van der Waals surface area contributed by atoms with Crippen molar-refractivity contribution in [3.63, 3.8) is 0 Å². The molecule has 1 fully saturated rings. The monoisotopic (exact) mass is 368 g/mol. The van der Waals surface area contributed by atoms with Gasteiger partial charge in [0.05, 0.1) is 12.1 Å². The van der Waals surface area contributed by atoms with Gasteiger partial charge in [0.15, 0.2) is 0 Å². The second-order valence-electron chi connectivity index (χ2n) is 6.73.